The maximum Gasteiger partial charge on any atom is 0.471 e. The zero-order valence-electron chi connectivity index (χ0n) is 13.9. The first-order valence-corrected chi connectivity index (χ1v) is 7.64. The molecule has 0 radical (unpaired) electrons. The summed E-state index contributed by atoms with van der Waals surface area (Å²) in [5.74, 6) is -5.02. The molecule has 1 amide bonds. The topological polar surface area (TPSA) is 63.5 Å². The second-order valence-electron chi connectivity index (χ2n) is 5.78. The van der Waals surface area contributed by atoms with Crippen molar-refractivity contribution in [2.75, 3.05) is 5.32 Å². The number of amides is 1. The molecule has 5 nitrogen and oxygen atoms in total. The van der Waals surface area contributed by atoms with Crippen LogP contribution in [0.2, 0.25) is 0 Å². The van der Waals surface area contributed by atoms with Crippen LogP contribution in [0.25, 0.3) is 5.65 Å². The number of imidazole rings is 1. The van der Waals surface area contributed by atoms with E-state index in [9.17, 15) is 40.3 Å². The number of pyridine rings is 1. The quantitative estimate of drug-likeness (QED) is 0.511. The summed E-state index contributed by atoms with van der Waals surface area (Å²) in [7, 11) is 0. The first kappa shape index (κ1) is 20.3. The summed E-state index contributed by atoms with van der Waals surface area (Å²) < 4.78 is 89.8. The molecule has 0 fully saturated rings. The minimum atomic E-state index is -5.13. The van der Waals surface area contributed by atoms with Crippen LogP contribution < -0.4 is 5.32 Å². The number of nitrogens with one attached hydrogen (secondary N) is 1. The van der Waals surface area contributed by atoms with E-state index in [0.717, 1.165) is 22.9 Å². The molecule has 1 N–H and O–H groups in total. The first-order chi connectivity index (χ1) is 13.4. The molecule has 0 saturated carbocycles. The summed E-state index contributed by atoms with van der Waals surface area (Å²) in [6.07, 6.45) is -7.84. The van der Waals surface area contributed by atoms with E-state index in [4.69, 9.17) is 0 Å². The molecule has 12 heteroatoms. The number of hydrogen-bond donors (Lipinski definition) is 1. The van der Waals surface area contributed by atoms with Gasteiger partial charge >= 0.3 is 18.3 Å². The van der Waals surface area contributed by atoms with Gasteiger partial charge in [-0.05, 0) is 30.3 Å². The molecule has 0 aliphatic rings. The number of fused-ring (bicyclic) bond motifs is 1. The van der Waals surface area contributed by atoms with Crippen molar-refractivity contribution >= 4 is 23.2 Å². The predicted molar refractivity (Wildman–Crippen MR) is 84.7 cm³/mol. The lowest BCUT2D eigenvalue weighted by atomic mass is 10.0. The normalized spacial score (nSPS) is 12.2. The second-order valence-corrected chi connectivity index (χ2v) is 5.78. The van der Waals surface area contributed by atoms with Crippen LogP contribution in [0, 0.1) is 5.82 Å². The summed E-state index contributed by atoms with van der Waals surface area (Å²) in [4.78, 5) is 27.1. The molecule has 1 aromatic carbocycles. The Kier molecular flexibility index (Phi) is 4.81. The van der Waals surface area contributed by atoms with Gasteiger partial charge in [0, 0.05) is 11.8 Å². The number of carbonyl (C=O) groups is 2. The number of aromatic nitrogens is 2. The van der Waals surface area contributed by atoms with Gasteiger partial charge < -0.3 is 9.72 Å². The number of ketones is 1. The Balaban J connectivity index is 1.90. The highest BCUT2D eigenvalue weighted by Crippen LogP contribution is 2.30. The number of rotatable bonds is 3. The van der Waals surface area contributed by atoms with E-state index >= 15 is 0 Å². The average Bonchev–Trinajstić information content (AvgIpc) is 3.00. The molecule has 0 aliphatic heterocycles. The summed E-state index contributed by atoms with van der Waals surface area (Å²) in [5, 5.41) is 1.53. The standard InChI is InChI=1S/C17H8F7N3O2/c18-11-5-9(16(19,20)21)2-3-10(11)14(28)8-1-4-13-25-12(7-27(13)6-8)26-15(29)17(22,23)24/h1-7H,(H,26,29). The molecule has 2 aromatic heterocycles. The minimum Gasteiger partial charge on any atom is -0.304 e. The van der Waals surface area contributed by atoms with Crippen molar-refractivity contribution in [3.05, 3.63) is 65.2 Å². The number of halogens is 7. The van der Waals surface area contributed by atoms with Crippen molar-refractivity contribution in [3.8, 4) is 0 Å². The monoisotopic (exact) mass is 419 g/mol. The Morgan fingerprint density at radius 2 is 1.66 bits per heavy atom. The Morgan fingerprint density at radius 1 is 0.966 bits per heavy atom. The predicted octanol–water partition coefficient (Wildman–Crippen LogP) is 4.22. The van der Waals surface area contributed by atoms with Gasteiger partial charge in [0.25, 0.3) is 0 Å². The molecule has 3 aromatic rings. The molecule has 152 valence electrons. The third kappa shape index (κ3) is 4.20. The van der Waals surface area contributed by atoms with Crippen molar-refractivity contribution in [2.24, 2.45) is 0 Å². The lowest BCUT2D eigenvalue weighted by Crippen LogP contribution is -2.30. The Labute approximate surface area is 156 Å². The van der Waals surface area contributed by atoms with E-state index in [-0.39, 0.29) is 17.3 Å². The van der Waals surface area contributed by atoms with Crippen LogP contribution in [-0.2, 0) is 11.0 Å². The summed E-state index contributed by atoms with van der Waals surface area (Å²) in [5.41, 5.74) is -1.99. The molecule has 29 heavy (non-hydrogen) atoms. The summed E-state index contributed by atoms with van der Waals surface area (Å²) >= 11 is 0. The smallest absolute Gasteiger partial charge is 0.304 e. The number of nitrogens with zero attached hydrogens (tertiary/aromatic N) is 2. The molecule has 2 heterocycles. The van der Waals surface area contributed by atoms with E-state index < -0.39 is 46.8 Å². The van der Waals surface area contributed by atoms with Crippen molar-refractivity contribution in [3.63, 3.8) is 0 Å². The molecule has 0 unspecified atom stereocenters. The first-order valence-electron chi connectivity index (χ1n) is 7.64. The second kappa shape index (κ2) is 6.87. The van der Waals surface area contributed by atoms with Crippen LogP contribution in [0.5, 0.6) is 0 Å². The van der Waals surface area contributed by atoms with Crippen LogP contribution >= 0.6 is 0 Å². The number of alkyl halides is 6. The maximum atomic E-state index is 14.0. The van der Waals surface area contributed by atoms with Gasteiger partial charge in [-0.15, -0.1) is 0 Å². The lowest BCUT2D eigenvalue weighted by molar-refractivity contribution is -0.167. The largest absolute Gasteiger partial charge is 0.471 e. The van der Waals surface area contributed by atoms with Crippen LogP contribution in [0.4, 0.5) is 36.6 Å². The number of hydrogen-bond acceptors (Lipinski definition) is 3. The van der Waals surface area contributed by atoms with Crippen LogP contribution in [-0.4, -0.2) is 27.3 Å². The van der Waals surface area contributed by atoms with E-state index in [2.05, 4.69) is 4.98 Å². The van der Waals surface area contributed by atoms with Gasteiger partial charge in [-0.25, -0.2) is 9.37 Å². The Morgan fingerprint density at radius 3 is 2.24 bits per heavy atom. The number of carbonyl (C=O) groups excluding carboxylic acids is 2. The van der Waals surface area contributed by atoms with Crippen LogP contribution in [0.3, 0.4) is 0 Å². The molecule has 3 rings (SSSR count). The van der Waals surface area contributed by atoms with E-state index in [1.165, 1.54) is 11.4 Å². The van der Waals surface area contributed by atoms with Crippen LogP contribution in [0.1, 0.15) is 21.5 Å². The molecule has 0 aliphatic carbocycles. The Hall–Kier alpha value is -3.44. The Bertz CT molecular complexity index is 1120. The molecule has 0 saturated heterocycles. The average molecular weight is 419 g/mol. The van der Waals surface area contributed by atoms with Gasteiger partial charge in [0.2, 0.25) is 0 Å². The van der Waals surface area contributed by atoms with Gasteiger partial charge in [-0.2, -0.15) is 26.3 Å². The van der Waals surface area contributed by atoms with Gasteiger partial charge in [0.05, 0.1) is 17.3 Å². The molecule has 0 bridgehead atoms. The van der Waals surface area contributed by atoms with Gasteiger partial charge in [0.15, 0.2) is 11.6 Å². The highest BCUT2D eigenvalue weighted by molar-refractivity contribution is 6.09. The van der Waals surface area contributed by atoms with Crippen LogP contribution in [0.15, 0.2) is 42.7 Å². The van der Waals surface area contributed by atoms with Crippen molar-refractivity contribution in [1.82, 2.24) is 9.38 Å². The highest BCUT2D eigenvalue weighted by Gasteiger charge is 2.39. The van der Waals surface area contributed by atoms with Gasteiger partial charge in [-0.1, -0.05) is 0 Å². The number of anilines is 1. The van der Waals surface area contributed by atoms with Crippen molar-refractivity contribution < 1.29 is 40.3 Å². The van der Waals surface area contributed by atoms with E-state index in [1.54, 1.807) is 0 Å². The zero-order chi connectivity index (χ0) is 21.6. The molecule has 0 spiro atoms. The third-order valence-electron chi connectivity index (χ3n) is 3.75. The fraction of sp³-hybridized carbons (Fsp3) is 0.118. The van der Waals surface area contributed by atoms with Gasteiger partial charge in [0.1, 0.15) is 11.5 Å². The maximum absolute atomic E-state index is 14.0. The minimum absolute atomic E-state index is 0.0620. The highest BCUT2D eigenvalue weighted by atomic mass is 19.4. The van der Waals surface area contributed by atoms with E-state index in [0.29, 0.717) is 12.1 Å². The van der Waals surface area contributed by atoms with E-state index in [1.807, 2.05) is 0 Å². The summed E-state index contributed by atoms with van der Waals surface area (Å²) in [6.45, 7) is 0. The third-order valence-corrected chi connectivity index (χ3v) is 3.75. The fourth-order valence-corrected chi connectivity index (χ4v) is 2.40. The number of benzene rings is 1. The van der Waals surface area contributed by atoms with Crippen molar-refractivity contribution in [1.29, 1.82) is 0 Å². The summed E-state index contributed by atoms with van der Waals surface area (Å²) in [6, 6.07) is 3.80. The fourth-order valence-electron chi connectivity index (χ4n) is 2.40. The lowest BCUT2D eigenvalue weighted by Gasteiger charge is -2.09. The SMILES string of the molecule is O=C(c1ccc2nc(NC(=O)C(F)(F)F)cn2c1)c1ccc(C(F)(F)F)cc1F. The molecular formula is C17H8F7N3O2. The molecular weight excluding hydrogens is 411 g/mol. The zero-order valence-corrected chi connectivity index (χ0v) is 13.9. The molecule has 0 atom stereocenters. The van der Waals surface area contributed by atoms with Gasteiger partial charge in [-0.3, -0.25) is 9.59 Å². The van der Waals surface area contributed by atoms with Crippen molar-refractivity contribution in [2.45, 2.75) is 12.4 Å².